The van der Waals surface area contributed by atoms with Crippen molar-refractivity contribution < 1.29 is 38.5 Å². The number of carbonyl (C=O) groups excluding carboxylic acids is 3. The van der Waals surface area contributed by atoms with Gasteiger partial charge in [0.05, 0.1) is 26.2 Å². The van der Waals surface area contributed by atoms with E-state index in [1.165, 1.54) is 0 Å². The van der Waals surface area contributed by atoms with Crippen molar-refractivity contribution in [3.8, 4) is 0 Å². The molecule has 0 bridgehead atoms. The molecule has 1 atom stereocenters. The van der Waals surface area contributed by atoms with Gasteiger partial charge in [0.2, 0.25) is 0 Å². The number of ether oxygens (including phenoxy) is 3. The van der Waals surface area contributed by atoms with Gasteiger partial charge in [0.1, 0.15) is 16.8 Å². The molecule has 1 N–H and O–H groups in total. The Labute approximate surface area is 246 Å². The Morgan fingerprint density at radius 1 is 0.634 bits per heavy atom. The van der Waals surface area contributed by atoms with Gasteiger partial charge in [-0.15, -0.1) is 0 Å². The summed E-state index contributed by atoms with van der Waals surface area (Å²) in [7, 11) is 0. The fraction of sp³-hybridized carbons (Fsp3) is 0.862. The summed E-state index contributed by atoms with van der Waals surface area (Å²) in [5.74, 6) is -2.15. The second-order valence-electron chi connectivity index (χ2n) is 13.8. The number of carbonyl (C=O) groups is 4. The number of carboxylic acids is 1. The fourth-order valence-corrected chi connectivity index (χ4v) is 4.37. The average Bonchev–Trinajstić information content (AvgIpc) is 2.81. The number of nitrogens with zero attached hydrogens (tertiary/aromatic N) is 4. The molecule has 1 aliphatic rings. The minimum absolute atomic E-state index is 0.116. The first-order valence-electron chi connectivity index (χ1n) is 14.4. The summed E-state index contributed by atoms with van der Waals surface area (Å²) in [5.41, 5.74) is -1.86. The van der Waals surface area contributed by atoms with Gasteiger partial charge in [-0.25, -0.2) is 0 Å². The number of hydrogen-bond donors (Lipinski definition) is 1. The van der Waals surface area contributed by atoms with E-state index < -0.39 is 28.7 Å². The second kappa shape index (κ2) is 15.8. The summed E-state index contributed by atoms with van der Waals surface area (Å²) in [6.07, 6.45) is 0. The van der Waals surface area contributed by atoms with E-state index in [9.17, 15) is 24.3 Å². The molecule has 0 spiro atoms. The van der Waals surface area contributed by atoms with Crippen molar-refractivity contribution in [2.45, 2.75) is 92.1 Å². The molecule has 0 saturated carbocycles. The minimum atomic E-state index is -1.03. The lowest BCUT2D eigenvalue weighted by atomic mass is 10.2. The van der Waals surface area contributed by atoms with E-state index in [1.807, 2.05) is 58.3 Å². The number of rotatable bonds is 11. The van der Waals surface area contributed by atoms with Gasteiger partial charge in [-0.2, -0.15) is 0 Å². The van der Waals surface area contributed by atoms with Gasteiger partial charge in [-0.1, -0.05) is 0 Å². The van der Waals surface area contributed by atoms with Crippen molar-refractivity contribution in [2.75, 3.05) is 72.0 Å². The summed E-state index contributed by atoms with van der Waals surface area (Å²) in [4.78, 5) is 57.1. The monoisotopic (exact) mass is 586 g/mol. The van der Waals surface area contributed by atoms with Crippen LogP contribution in [0, 0.1) is 0 Å². The quantitative estimate of drug-likeness (QED) is 0.279. The molecule has 238 valence electrons. The first-order valence-corrected chi connectivity index (χ1v) is 14.4. The summed E-state index contributed by atoms with van der Waals surface area (Å²) >= 11 is 0. The van der Waals surface area contributed by atoms with Crippen LogP contribution < -0.4 is 0 Å². The SMILES string of the molecule is C[C@H](CN1CCN(CC(=O)OC(C)(C)C)CCN(CC(=O)OC(C)(C)C)CC1)N(CC(=O)O)CC(=O)OC(C)(C)C. The van der Waals surface area contributed by atoms with Crippen LogP contribution in [0.2, 0.25) is 0 Å². The molecule has 0 aromatic rings. The van der Waals surface area contributed by atoms with Gasteiger partial charge >= 0.3 is 23.9 Å². The molecule has 1 fully saturated rings. The summed E-state index contributed by atoms with van der Waals surface area (Å²) < 4.78 is 16.5. The molecule has 12 nitrogen and oxygen atoms in total. The number of esters is 3. The van der Waals surface area contributed by atoms with Crippen molar-refractivity contribution in [3.05, 3.63) is 0 Å². The zero-order valence-corrected chi connectivity index (χ0v) is 26.9. The van der Waals surface area contributed by atoms with Gasteiger partial charge in [0.15, 0.2) is 0 Å². The molecule has 0 unspecified atom stereocenters. The lowest BCUT2D eigenvalue weighted by Crippen LogP contribution is -2.49. The molecule has 0 aliphatic carbocycles. The fourth-order valence-electron chi connectivity index (χ4n) is 4.37. The highest BCUT2D eigenvalue weighted by atomic mass is 16.6. The Bertz CT molecular complexity index is 834. The van der Waals surface area contributed by atoms with Gasteiger partial charge in [-0.3, -0.25) is 38.8 Å². The summed E-state index contributed by atoms with van der Waals surface area (Å²) in [5, 5.41) is 9.49. The van der Waals surface area contributed by atoms with Crippen LogP contribution in [0.4, 0.5) is 0 Å². The van der Waals surface area contributed by atoms with Crippen molar-refractivity contribution >= 4 is 23.9 Å². The number of aliphatic carboxylic acids is 1. The third-order valence-electron chi connectivity index (χ3n) is 5.98. The Morgan fingerprint density at radius 2 is 0.976 bits per heavy atom. The van der Waals surface area contributed by atoms with Crippen molar-refractivity contribution in [2.24, 2.45) is 0 Å². The molecular weight excluding hydrogens is 532 g/mol. The molecule has 1 saturated heterocycles. The third-order valence-corrected chi connectivity index (χ3v) is 5.98. The van der Waals surface area contributed by atoms with Crippen LogP contribution in [0.15, 0.2) is 0 Å². The molecule has 1 heterocycles. The second-order valence-corrected chi connectivity index (χ2v) is 13.8. The van der Waals surface area contributed by atoms with E-state index in [0.717, 1.165) is 0 Å². The highest BCUT2D eigenvalue weighted by Gasteiger charge is 2.28. The standard InChI is InChI=1S/C29H54N4O8/c1-22(33(18-23(34)35)21-26(38)41-29(8,9)10)17-30-11-13-31(19-24(36)39-27(2,3)4)15-16-32(14-12-30)20-25(37)40-28(5,6)7/h22H,11-21H2,1-10H3,(H,34,35)/t22-/m1/s1. The van der Waals surface area contributed by atoms with Crippen molar-refractivity contribution in [3.63, 3.8) is 0 Å². The van der Waals surface area contributed by atoms with Crippen LogP contribution in [0.25, 0.3) is 0 Å². The van der Waals surface area contributed by atoms with Crippen LogP contribution in [-0.2, 0) is 33.4 Å². The Morgan fingerprint density at radius 3 is 1.32 bits per heavy atom. The van der Waals surface area contributed by atoms with Gasteiger partial charge < -0.3 is 19.3 Å². The van der Waals surface area contributed by atoms with Gasteiger partial charge in [0.25, 0.3) is 0 Å². The molecule has 1 aliphatic heterocycles. The Balaban J connectivity index is 3.04. The van der Waals surface area contributed by atoms with Crippen LogP contribution in [0.3, 0.4) is 0 Å². The first kappa shape index (κ1) is 36.7. The lowest BCUT2D eigenvalue weighted by Gasteiger charge is -2.33. The van der Waals surface area contributed by atoms with Crippen LogP contribution in [0.1, 0.15) is 69.2 Å². The smallest absolute Gasteiger partial charge is 0.320 e. The maximum atomic E-state index is 12.6. The van der Waals surface area contributed by atoms with E-state index in [4.69, 9.17) is 14.2 Å². The Hall–Kier alpha value is -2.28. The molecule has 0 aromatic carbocycles. The maximum Gasteiger partial charge on any atom is 0.320 e. The molecule has 1 rings (SSSR count). The van der Waals surface area contributed by atoms with Crippen molar-refractivity contribution in [1.29, 1.82) is 0 Å². The highest BCUT2D eigenvalue weighted by molar-refractivity contribution is 5.74. The maximum absolute atomic E-state index is 12.6. The van der Waals surface area contributed by atoms with Gasteiger partial charge in [0, 0.05) is 51.9 Å². The molecule has 0 amide bonds. The predicted octanol–water partition coefficient (Wildman–Crippen LogP) is 1.71. The zero-order chi connectivity index (χ0) is 31.6. The average molecular weight is 587 g/mol. The summed E-state index contributed by atoms with van der Waals surface area (Å²) in [6.45, 7) is 21.9. The lowest BCUT2D eigenvalue weighted by molar-refractivity contribution is -0.158. The van der Waals surface area contributed by atoms with Gasteiger partial charge in [-0.05, 0) is 69.2 Å². The first-order chi connectivity index (χ1) is 18.6. The van der Waals surface area contributed by atoms with E-state index in [0.29, 0.717) is 45.8 Å². The van der Waals surface area contributed by atoms with E-state index >= 15 is 0 Å². The van der Waals surface area contributed by atoms with Crippen LogP contribution >= 0.6 is 0 Å². The largest absolute Gasteiger partial charge is 0.480 e. The van der Waals surface area contributed by atoms with Crippen LogP contribution in [0.5, 0.6) is 0 Å². The molecular formula is C29H54N4O8. The Kier molecular flexibility index (Phi) is 14.2. The van der Waals surface area contributed by atoms with E-state index in [-0.39, 0.29) is 44.2 Å². The molecule has 41 heavy (non-hydrogen) atoms. The molecule has 0 aromatic heterocycles. The number of carboxylic acid groups (broad SMARTS) is 1. The molecule has 0 radical (unpaired) electrons. The van der Waals surface area contributed by atoms with Crippen molar-refractivity contribution in [1.82, 2.24) is 19.6 Å². The zero-order valence-electron chi connectivity index (χ0n) is 26.9. The summed E-state index contributed by atoms with van der Waals surface area (Å²) in [6, 6.07) is -0.280. The normalized spacial score (nSPS) is 17.7. The number of hydrogen-bond acceptors (Lipinski definition) is 11. The minimum Gasteiger partial charge on any atom is -0.480 e. The molecule has 12 heteroatoms. The highest BCUT2D eigenvalue weighted by Crippen LogP contribution is 2.12. The topological polar surface area (TPSA) is 129 Å². The van der Waals surface area contributed by atoms with E-state index in [2.05, 4.69) is 4.90 Å². The predicted molar refractivity (Wildman–Crippen MR) is 156 cm³/mol. The van der Waals surface area contributed by atoms with Crippen LogP contribution in [-0.4, -0.2) is 143 Å². The third kappa shape index (κ3) is 18.0. The van der Waals surface area contributed by atoms with E-state index in [1.54, 1.807) is 25.7 Å².